The van der Waals surface area contributed by atoms with Gasteiger partial charge in [-0.05, 0) is 74.2 Å². The number of carbonyl (C=O) groups excluding carboxylic acids is 2. The van der Waals surface area contributed by atoms with E-state index in [2.05, 4.69) is 5.32 Å². The van der Waals surface area contributed by atoms with Crippen LogP contribution in [0.5, 0.6) is 0 Å². The normalized spacial score (nSPS) is 16.7. The summed E-state index contributed by atoms with van der Waals surface area (Å²) in [4.78, 5) is 28.1. The van der Waals surface area contributed by atoms with E-state index in [9.17, 15) is 19.2 Å². The largest absolute Gasteiger partial charge is 0.321 e. The van der Waals surface area contributed by atoms with E-state index in [1.54, 1.807) is 36.4 Å². The van der Waals surface area contributed by atoms with Crippen molar-refractivity contribution in [1.82, 2.24) is 0 Å². The lowest BCUT2D eigenvalue weighted by atomic mass is 10.1. The smallest absolute Gasteiger partial charge is 0.269 e. The Morgan fingerprint density at radius 1 is 1.06 bits per heavy atom. The Balaban J connectivity index is 1.75. The van der Waals surface area contributed by atoms with Gasteiger partial charge in [-0.2, -0.15) is 5.26 Å². The van der Waals surface area contributed by atoms with Crippen LogP contribution in [-0.4, -0.2) is 17.1 Å². The summed E-state index contributed by atoms with van der Waals surface area (Å²) in [6.45, 7) is 5.83. The molecule has 3 aromatic rings. The third kappa shape index (κ3) is 5.13. The van der Waals surface area contributed by atoms with Gasteiger partial charge in [0.25, 0.3) is 5.91 Å². The summed E-state index contributed by atoms with van der Waals surface area (Å²) in [5.74, 6) is -1.30. The first-order valence-corrected chi connectivity index (χ1v) is 12.0. The fourth-order valence-electron chi connectivity index (χ4n) is 3.78. The number of anilines is 2. The molecule has 0 spiro atoms. The summed E-state index contributed by atoms with van der Waals surface area (Å²) < 4.78 is 14.3. The molecule has 1 fully saturated rings. The van der Waals surface area contributed by atoms with Crippen molar-refractivity contribution >= 4 is 35.0 Å². The van der Waals surface area contributed by atoms with Gasteiger partial charge < -0.3 is 5.32 Å². The van der Waals surface area contributed by atoms with Gasteiger partial charge in [0.1, 0.15) is 22.5 Å². The molecule has 7 heteroatoms. The maximum absolute atomic E-state index is 14.3. The molecule has 1 heterocycles. The average molecular weight is 486 g/mol. The number of carbonyl (C=O) groups is 2. The number of benzene rings is 3. The number of halogens is 1. The number of nitrogens with one attached hydrogen (secondary N) is 1. The number of amides is 2. The van der Waals surface area contributed by atoms with Crippen molar-refractivity contribution < 1.29 is 14.0 Å². The molecule has 35 heavy (non-hydrogen) atoms. The third-order valence-corrected chi connectivity index (χ3v) is 7.19. The van der Waals surface area contributed by atoms with Gasteiger partial charge >= 0.3 is 0 Å². The van der Waals surface area contributed by atoms with E-state index < -0.39 is 17.0 Å². The van der Waals surface area contributed by atoms with Crippen molar-refractivity contribution in [3.63, 3.8) is 0 Å². The highest BCUT2D eigenvalue weighted by atomic mass is 32.2. The van der Waals surface area contributed by atoms with E-state index in [-0.39, 0.29) is 22.9 Å². The molecule has 1 N–H and O–H groups in total. The van der Waals surface area contributed by atoms with E-state index >= 15 is 0 Å². The summed E-state index contributed by atoms with van der Waals surface area (Å²) in [6.07, 6.45) is 0.138. The second kappa shape index (κ2) is 10.2. The lowest BCUT2D eigenvalue weighted by Crippen LogP contribution is -2.31. The van der Waals surface area contributed by atoms with Gasteiger partial charge in [0.15, 0.2) is 0 Å². The molecular formula is C28H24FN3O2S. The van der Waals surface area contributed by atoms with Crippen LogP contribution in [-0.2, 0) is 16.0 Å². The minimum absolute atomic E-state index is 0.138. The third-order valence-electron chi connectivity index (χ3n) is 5.93. The Hall–Kier alpha value is -3.89. The van der Waals surface area contributed by atoms with Gasteiger partial charge in [-0.3, -0.25) is 14.5 Å². The molecular weight excluding hydrogens is 461 g/mol. The van der Waals surface area contributed by atoms with Crippen molar-refractivity contribution in [1.29, 1.82) is 5.26 Å². The topological polar surface area (TPSA) is 73.2 Å². The molecule has 176 valence electrons. The summed E-state index contributed by atoms with van der Waals surface area (Å²) in [7, 11) is 0. The van der Waals surface area contributed by atoms with Crippen LogP contribution in [0, 0.1) is 37.9 Å². The minimum atomic E-state index is -0.681. The van der Waals surface area contributed by atoms with Crippen molar-refractivity contribution in [2.24, 2.45) is 0 Å². The molecule has 1 aliphatic rings. The van der Waals surface area contributed by atoms with Crippen LogP contribution < -0.4 is 10.2 Å². The molecule has 0 bridgehead atoms. The van der Waals surface area contributed by atoms with Crippen LogP contribution in [0.25, 0.3) is 0 Å². The lowest BCUT2D eigenvalue weighted by molar-refractivity contribution is -0.117. The zero-order valence-corrected chi connectivity index (χ0v) is 20.4. The van der Waals surface area contributed by atoms with Crippen LogP contribution in [0.1, 0.15) is 22.3 Å². The highest BCUT2D eigenvalue weighted by molar-refractivity contribution is 8.05. The first-order chi connectivity index (χ1) is 16.8. The second-order valence-electron chi connectivity index (χ2n) is 8.46. The fraction of sp³-hybridized carbons (Fsp3) is 0.179. The van der Waals surface area contributed by atoms with Gasteiger partial charge in [-0.1, -0.05) is 53.7 Å². The molecule has 0 radical (unpaired) electrons. The van der Waals surface area contributed by atoms with Gasteiger partial charge in [0.2, 0.25) is 5.91 Å². The molecule has 3 aromatic carbocycles. The fourth-order valence-corrected chi connectivity index (χ4v) is 5.08. The number of hydrogen-bond acceptors (Lipinski definition) is 4. The van der Waals surface area contributed by atoms with Crippen molar-refractivity contribution in [3.8, 4) is 6.07 Å². The molecule has 0 saturated carbocycles. The van der Waals surface area contributed by atoms with Crippen molar-refractivity contribution in [2.45, 2.75) is 32.4 Å². The summed E-state index contributed by atoms with van der Waals surface area (Å²) in [5.41, 5.74) is 4.41. The van der Waals surface area contributed by atoms with Crippen molar-refractivity contribution in [3.05, 3.63) is 105 Å². The Kier molecular flexibility index (Phi) is 7.04. The van der Waals surface area contributed by atoms with Crippen LogP contribution in [0.15, 0.2) is 77.3 Å². The standard InChI is InChI=1S/C28H24FN3O2S/c1-17-8-11-21(12-9-17)31-26(33)23(16-30)28-32(22-13-10-18(2)19(3)14-22)27(34)25(35-28)15-20-6-4-5-7-24(20)29/h4-14,25H,15H2,1-3H3,(H,31,33)/b28-23-. The SMILES string of the molecule is Cc1ccc(NC(=O)/C(C#N)=C2\SC(Cc3ccccc3F)C(=O)N2c2ccc(C)c(C)c2)cc1. The molecule has 5 nitrogen and oxygen atoms in total. The van der Waals surface area contributed by atoms with E-state index in [0.717, 1.165) is 28.5 Å². The number of nitrogens with zero attached hydrogens (tertiary/aromatic N) is 2. The number of thioether (sulfide) groups is 1. The Bertz CT molecular complexity index is 1380. The van der Waals surface area contributed by atoms with E-state index in [1.807, 2.05) is 51.1 Å². The van der Waals surface area contributed by atoms with E-state index in [0.29, 0.717) is 16.9 Å². The van der Waals surface area contributed by atoms with Crippen LogP contribution in [0.4, 0.5) is 15.8 Å². The summed E-state index contributed by atoms with van der Waals surface area (Å²) >= 11 is 1.12. The van der Waals surface area contributed by atoms with Gasteiger partial charge in [-0.15, -0.1) is 0 Å². The molecule has 2 amide bonds. The maximum atomic E-state index is 14.3. The zero-order valence-electron chi connectivity index (χ0n) is 19.6. The summed E-state index contributed by atoms with van der Waals surface area (Å²) in [6, 6.07) is 21.1. The molecule has 4 rings (SSSR count). The molecule has 1 aliphatic heterocycles. The molecule has 0 aliphatic carbocycles. The minimum Gasteiger partial charge on any atom is -0.321 e. The molecule has 1 saturated heterocycles. The van der Waals surface area contributed by atoms with Crippen molar-refractivity contribution in [2.75, 3.05) is 10.2 Å². The Morgan fingerprint density at radius 3 is 2.43 bits per heavy atom. The van der Waals surface area contributed by atoms with Crippen LogP contribution >= 0.6 is 11.8 Å². The van der Waals surface area contributed by atoms with Crippen LogP contribution in [0.3, 0.4) is 0 Å². The van der Waals surface area contributed by atoms with Gasteiger partial charge in [0.05, 0.1) is 5.25 Å². The number of aryl methyl sites for hydroxylation is 3. The quantitative estimate of drug-likeness (QED) is 0.365. The van der Waals surface area contributed by atoms with Crippen LogP contribution in [0.2, 0.25) is 0 Å². The zero-order chi connectivity index (χ0) is 25.1. The molecule has 0 aromatic heterocycles. The number of rotatable bonds is 5. The predicted octanol–water partition coefficient (Wildman–Crippen LogP) is 5.82. The van der Waals surface area contributed by atoms with Gasteiger partial charge in [0, 0.05) is 11.4 Å². The molecule has 1 unspecified atom stereocenters. The van der Waals surface area contributed by atoms with Gasteiger partial charge in [-0.25, -0.2) is 4.39 Å². The first kappa shape index (κ1) is 24.2. The number of hydrogen-bond donors (Lipinski definition) is 1. The number of nitriles is 1. The Morgan fingerprint density at radius 2 is 1.77 bits per heavy atom. The Labute approximate surface area is 208 Å². The predicted molar refractivity (Wildman–Crippen MR) is 137 cm³/mol. The summed E-state index contributed by atoms with van der Waals surface area (Å²) in [5, 5.41) is 12.3. The monoisotopic (exact) mass is 485 g/mol. The average Bonchev–Trinajstić information content (AvgIpc) is 3.14. The van der Waals surface area contributed by atoms with E-state index in [1.165, 1.54) is 11.0 Å². The lowest BCUT2D eigenvalue weighted by Gasteiger charge is -2.20. The highest BCUT2D eigenvalue weighted by Crippen LogP contribution is 2.42. The molecule has 1 atom stereocenters. The second-order valence-corrected chi connectivity index (χ2v) is 9.65. The first-order valence-electron chi connectivity index (χ1n) is 11.1. The highest BCUT2D eigenvalue weighted by Gasteiger charge is 2.41. The maximum Gasteiger partial charge on any atom is 0.269 e. The van der Waals surface area contributed by atoms with E-state index in [4.69, 9.17) is 0 Å².